The van der Waals surface area contributed by atoms with Crippen LogP contribution in [0.25, 0.3) is 0 Å². The van der Waals surface area contributed by atoms with Crippen molar-refractivity contribution in [2.45, 2.75) is 44.1 Å². The topological polar surface area (TPSA) is 26.0 Å². The summed E-state index contributed by atoms with van der Waals surface area (Å²) >= 11 is 0. The average Bonchev–Trinajstić information content (AvgIpc) is 2.95. The predicted molar refractivity (Wildman–Crippen MR) is 60.2 cm³/mol. The lowest BCUT2D eigenvalue weighted by Gasteiger charge is -2.15. The van der Waals surface area contributed by atoms with Crippen molar-refractivity contribution >= 4 is 0 Å². The summed E-state index contributed by atoms with van der Waals surface area (Å²) in [6.45, 7) is 2.07. The summed E-state index contributed by atoms with van der Waals surface area (Å²) in [7, 11) is 0. The highest BCUT2D eigenvalue weighted by Gasteiger charge is 2.37. The van der Waals surface area contributed by atoms with E-state index in [4.69, 9.17) is 5.73 Å². The summed E-state index contributed by atoms with van der Waals surface area (Å²) in [6.07, 6.45) is 4.27. The minimum atomic E-state index is -0.0909. The Morgan fingerprint density at radius 2 is 2.07 bits per heavy atom. The van der Waals surface area contributed by atoms with Gasteiger partial charge in [0.1, 0.15) is 5.82 Å². The Kier molecular flexibility index (Phi) is 2.79. The van der Waals surface area contributed by atoms with Gasteiger partial charge in [0.2, 0.25) is 0 Å². The molecule has 0 aromatic heterocycles. The van der Waals surface area contributed by atoms with Crippen LogP contribution < -0.4 is 5.73 Å². The molecule has 2 N–H and O–H groups in total. The molecule has 82 valence electrons. The summed E-state index contributed by atoms with van der Waals surface area (Å²) in [5.74, 6) is 0.180. The van der Waals surface area contributed by atoms with Gasteiger partial charge in [0.05, 0.1) is 0 Å². The summed E-state index contributed by atoms with van der Waals surface area (Å²) < 4.78 is 13.4. The van der Waals surface area contributed by atoms with E-state index in [1.807, 2.05) is 12.1 Å². The Hall–Kier alpha value is -0.890. The smallest absolute Gasteiger partial charge is 0.126 e. The van der Waals surface area contributed by atoms with Gasteiger partial charge in [-0.25, -0.2) is 4.39 Å². The van der Waals surface area contributed by atoms with Crippen molar-refractivity contribution in [3.05, 3.63) is 35.6 Å². The molecule has 1 unspecified atom stereocenters. The van der Waals surface area contributed by atoms with E-state index in [1.165, 1.54) is 6.07 Å². The van der Waals surface area contributed by atoms with Crippen LogP contribution in [0.3, 0.4) is 0 Å². The van der Waals surface area contributed by atoms with Crippen molar-refractivity contribution in [3.8, 4) is 0 Å². The maximum Gasteiger partial charge on any atom is 0.126 e. The number of rotatable bonds is 4. The molecule has 0 bridgehead atoms. The minimum absolute atomic E-state index is 0.0829. The highest BCUT2D eigenvalue weighted by molar-refractivity contribution is 5.21. The van der Waals surface area contributed by atoms with Gasteiger partial charge in [-0.15, -0.1) is 0 Å². The van der Waals surface area contributed by atoms with E-state index in [9.17, 15) is 4.39 Å². The molecule has 0 spiro atoms. The quantitative estimate of drug-likeness (QED) is 0.806. The van der Waals surface area contributed by atoms with E-state index in [-0.39, 0.29) is 17.3 Å². The number of nitrogens with two attached hydrogens (primary N) is 1. The van der Waals surface area contributed by atoms with Crippen LogP contribution in [0.15, 0.2) is 24.3 Å². The first-order valence-electron chi connectivity index (χ1n) is 5.64. The SMILES string of the molecule is CC(CCC1(N)CC1)c1ccccc1F. The van der Waals surface area contributed by atoms with Gasteiger partial charge >= 0.3 is 0 Å². The third kappa shape index (κ3) is 2.57. The van der Waals surface area contributed by atoms with Crippen molar-refractivity contribution in [2.75, 3.05) is 0 Å². The maximum absolute atomic E-state index is 13.4. The molecule has 0 amide bonds. The van der Waals surface area contributed by atoms with E-state index in [0.29, 0.717) is 0 Å². The van der Waals surface area contributed by atoms with E-state index in [0.717, 1.165) is 31.2 Å². The zero-order valence-electron chi connectivity index (χ0n) is 9.17. The van der Waals surface area contributed by atoms with Crippen LogP contribution in [0.4, 0.5) is 4.39 Å². The molecule has 1 aliphatic rings. The second-order valence-corrected chi connectivity index (χ2v) is 4.82. The monoisotopic (exact) mass is 207 g/mol. The van der Waals surface area contributed by atoms with Gasteiger partial charge in [-0.1, -0.05) is 25.1 Å². The van der Waals surface area contributed by atoms with Crippen molar-refractivity contribution in [1.82, 2.24) is 0 Å². The normalized spacial score (nSPS) is 19.9. The van der Waals surface area contributed by atoms with Crippen LogP contribution in [-0.2, 0) is 0 Å². The first kappa shape index (κ1) is 10.6. The molecular weight excluding hydrogens is 189 g/mol. The zero-order chi connectivity index (χ0) is 10.9. The Morgan fingerprint density at radius 1 is 1.40 bits per heavy atom. The molecule has 1 saturated carbocycles. The lowest BCUT2D eigenvalue weighted by atomic mass is 9.93. The fourth-order valence-corrected chi connectivity index (χ4v) is 1.94. The second kappa shape index (κ2) is 3.93. The van der Waals surface area contributed by atoms with E-state index in [2.05, 4.69) is 6.92 Å². The summed E-state index contributed by atoms with van der Waals surface area (Å²) in [4.78, 5) is 0. The summed E-state index contributed by atoms with van der Waals surface area (Å²) in [5, 5.41) is 0. The highest BCUT2D eigenvalue weighted by Crippen LogP contribution is 2.39. The third-order valence-electron chi connectivity index (χ3n) is 3.40. The van der Waals surface area contributed by atoms with Crippen molar-refractivity contribution in [3.63, 3.8) is 0 Å². The van der Waals surface area contributed by atoms with E-state index >= 15 is 0 Å². The highest BCUT2D eigenvalue weighted by atomic mass is 19.1. The van der Waals surface area contributed by atoms with Crippen LogP contribution in [0.5, 0.6) is 0 Å². The van der Waals surface area contributed by atoms with Gasteiger partial charge < -0.3 is 5.73 Å². The van der Waals surface area contributed by atoms with Crippen LogP contribution in [-0.4, -0.2) is 5.54 Å². The van der Waals surface area contributed by atoms with E-state index in [1.54, 1.807) is 6.07 Å². The molecule has 1 aliphatic carbocycles. The first-order valence-corrected chi connectivity index (χ1v) is 5.64. The molecule has 2 heteroatoms. The molecule has 0 heterocycles. The molecule has 1 atom stereocenters. The van der Waals surface area contributed by atoms with Crippen molar-refractivity contribution < 1.29 is 4.39 Å². The van der Waals surface area contributed by atoms with Crippen LogP contribution in [0.2, 0.25) is 0 Å². The molecule has 0 radical (unpaired) electrons. The van der Waals surface area contributed by atoms with Crippen molar-refractivity contribution in [1.29, 1.82) is 0 Å². The van der Waals surface area contributed by atoms with E-state index < -0.39 is 0 Å². The van der Waals surface area contributed by atoms with Crippen LogP contribution in [0.1, 0.15) is 44.1 Å². The number of halogens is 1. The molecule has 1 nitrogen and oxygen atoms in total. The first-order chi connectivity index (χ1) is 7.11. The van der Waals surface area contributed by atoms with Gasteiger partial charge in [-0.3, -0.25) is 0 Å². The van der Waals surface area contributed by atoms with Crippen LogP contribution >= 0.6 is 0 Å². The van der Waals surface area contributed by atoms with Crippen molar-refractivity contribution in [2.24, 2.45) is 5.73 Å². The molecule has 15 heavy (non-hydrogen) atoms. The molecule has 1 aromatic rings. The molecule has 0 aliphatic heterocycles. The standard InChI is InChI=1S/C13H18FN/c1-10(6-7-13(15)8-9-13)11-4-2-3-5-12(11)14/h2-5,10H,6-9,15H2,1H3. The Labute approximate surface area is 90.5 Å². The largest absolute Gasteiger partial charge is 0.325 e. The summed E-state index contributed by atoms with van der Waals surface area (Å²) in [5.41, 5.74) is 6.92. The van der Waals surface area contributed by atoms with Gasteiger partial charge in [0.25, 0.3) is 0 Å². The van der Waals surface area contributed by atoms with Gasteiger partial charge in [-0.2, -0.15) is 0 Å². The third-order valence-corrected chi connectivity index (χ3v) is 3.40. The Bertz CT molecular complexity index is 344. The molecule has 1 aromatic carbocycles. The zero-order valence-corrected chi connectivity index (χ0v) is 9.17. The number of hydrogen-bond donors (Lipinski definition) is 1. The Balaban J connectivity index is 1.95. The number of benzene rings is 1. The molecule has 2 rings (SSSR count). The molecule has 0 saturated heterocycles. The molecule has 1 fully saturated rings. The van der Waals surface area contributed by atoms with Crippen LogP contribution in [0, 0.1) is 5.82 Å². The predicted octanol–water partition coefficient (Wildman–Crippen LogP) is 3.20. The van der Waals surface area contributed by atoms with Gasteiger partial charge in [0, 0.05) is 5.54 Å². The minimum Gasteiger partial charge on any atom is -0.325 e. The summed E-state index contributed by atoms with van der Waals surface area (Å²) in [6, 6.07) is 7.03. The lowest BCUT2D eigenvalue weighted by Crippen LogP contribution is -2.21. The Morgan fingerprint density at radius 3 is 2.67 bits per heavy atom. The number of hydrogen-bond acceptors (Lipinski definition) is 1. The second-order valence-electron chi connectivity index (χ2n) is 4.82. The lowest BCUT2D eigenvalue weighted by molar-refractivity contribution is 0.513. The fourth-order valence-electron chi connectivity index (χ4n) is 1.94. The fraction of sp³-hybridized carbons (Fsp3) is 0.538. The average molecular weight is 207 g/mol. The van der Waals surface area contributed by atoms with Gasteiger partial charge in [-0.05, 0) is 43.2 Å². The van der Waals surface area contributed by atoms with Gasteiger partial charge in [0.15, 0.2) is 0 Å². The molecular formula is C13H18FN. The maximum atomic E-state index is 13.4.